The van der Waals surface area contributed by atoms with Gasteiger partial charge in [-0.2, -0.15) is 0 Å². The van der Waals surface area contributed by atoms with Crippen molar-refractivity contribution in [2.24, 2.45) is 7.05 Å². The summed E-state index contributed by atoms with van der Waals surface area (Å²) in [5, 5.41) is 5.63. The summed E-state index contributed by atoms with van der Waals surface area (Å²) in [6.45, 7) is 1.04. The summed E-state index contributed by atoms with van der Waals surface area (Å²) in [5.74, 6) is -0.125. The van der Waals surface area contributed by atoms with Crippen LogP contribution in [0, 0.1) is 0 Å². The molecule has 0 saturated carbocycles. The van der Waals surface area contributed by atoms with E-state index in [0.29, 0.717) is 10.8 Å². The molecule has 1 aliphatic heterocycles. The van der Waals surface area contributed by atoms with Crippen LogP contribution < -0.4 is 10.2 Å². The molecule has 128 valence electrons. The predicted molar refractivity (Wildman–Crippen MR) is 101 cm³/mol. The molecule has 1 aliphatic rings. The fourth-order valence-electron chi connectivity index (χ4n) is 3.36. The number of thiazole rings is 1. The molecule has 1 saturated heterocycles. The number of nitrogens with one attached hydrogen (secondary N) is 1. The first-order chi connectivity index (χ1) is 12.2. The molecular formula is C19H20N4OS. The van der Waals surface area contributed by atoms with Crippen molar-refractivity contribution in [1.82, 2.24) is 9.55 Å². The van der Waals surface area contributed by atoms with Crippen LogP contribution in [-0.2, 0) is 7.05 Å². The van der Waals surface area contributed by atoms with Gasteiger partial charge >= 0.3 is 0 Å². The normalized spacial score (nSPS) is 17.0. The minimum absolute atomic E-state index is 0.125. The molecule has 1 atom stereocenters. The van der Waals surface area contributed by atoms with E-state index in [0.717, 1.165) is 25.1 Å². The Morgan fingerprint density at radius 1 is 1.24 bits per heavy atom. The molecule has 6 heteroatoms. The third-order valence-electron chi connectivity index (χ3n) is 4.60. The highest BCUT2D eigenvalue weighted by molar-refractivity contribution is 7.14. The Balaban J connectivity index is 1.51. The van der Waals surface area contributed by atoms with Crippen molar-refractivity contribution < 1.29 is 4.79 Å². The third-order valence-corrected chi connectivity index (χ3v) is 5.38. The van der Waals surface area contributed by atoms with Crippen LogP contribution in [0.1, 0.15) is 35.1 Å². The van der Waals surface area contributed by atoms with Gasteiger partial charge in [-0.3, -0.25) is 10.1 Å². The highest BCUT2D eigenvalue weighted by atomic mass is 32.1. The second kappa shape index (κ2) is 6.72. The lowest BCUT2D eigenvalue weighted by molar-refractivity contribution is 0.101. The lowest BCUT2D eigenvalue weighted by atomic mass is 10.1. The number of hydrogen-bond acceptors (Lipinski definition) is 4. The summed E-state index contributed by atoms with van der Waals surface area (Å²) < 4.78 is 1.80. The van der Waals surface area contributed by atoms with E-state index in [4.69, 9.17) is 0 Å². The average Bonchev–Trinajstić information content (AvgIpc) is 3.35. The smallest absolute Gasteiger partial charge is 0.274 e. The molecular weight excluding hydrogens is 332 g/mol. The quantitative estimate of drug-likeness (QED) is 0.770. The molecule has 25 heavy (non-hydrogen) atoms. The number of hydrogen-bond donors (Lipinski definition) is 1. The lowest BCUT2D eigenvalue weighted by Crippen LogP contribution is -2.22. The van der Waals surface area contributed by atoms with Crippen LogP contribution in [0.5, 0.6) is 0 Å². The van der Waals surface area contributed by atoms with Crippen LogP contribution in [-0.4, -0.2) is 22.0 Å². The van der Waals surface area contributed by atoms with Gasteiger partial charge < -0.3 is 9.47 Å². The van der Waals surface area contributed by atoms with E-state index >= 15 is 0 Å². The number of aryl methyl sites for hydroxylation is 1. The van der Waals surface area contributed by atoms with E-state index in [-0.39, 0.29) is 11.9 Å². The topological polar surface area (TPSA) is 50.2 Å². The number of carbonyl (C=O) groups is 1. The van der Waals surface area contributed by atoms with Crippen LogP contribution in [0.25, 0.3) is 0 Å². The van der Waals surface area contributed by atoms with Crippen LogP contribution in [0.2, 0.25) is 0 Å². The molecule has 0 spiro atoms. The van der Waals surface area contributed by atoms with Gasteiger partial charge in [0.15, 0.2) is 5.13 Å². The van der Waals surface area contributed by atoms with Gasteiger partial charge in [0.25, 0.3) is 5.91 Å². The molecule has 0 bridgehead atoms. The zero-order valence-electron chi connectivity index (χ0n) is 14.1. The van der Waals surface area contributed by atoms with Gasteiger partial charge in [-0.05, 0) is 37.1 Å². The number of aromatic nitrogens is 2. The van der Waals surface area contributed by atoms with E-state index in [9.17, 15) is 4.79 Å². The summed E-state index contributed by atoms with van der Waals surface area (Å²) >= 11 is 1.49. The molecule has 2 aromatic heterocycles. The Hall–Kier alpha value is -2.60. The maximum absolute atomic E-state index is 12.3. The van der Waals surface area contributed by atoms with Crippen LogP contribution in [0.15, 0.2) is 54.0 Å². The monoisotopic (exact) mass is 352 g/mol. The maximum Gasteiger partial charge on any atom is 0.274 e. The summed E-state index contributed by atoms with van der Waals surface area (Å²) in [4.78, 5) is 19.4. The Kier molecular flexibility index (Phi) is 4.28. The van der Waals surface area contributed by atoms with Crippen LogP contribution in [0.3, 0.4) is 0 Å². The SMILES string of the molecule is Cn1cccc1C(=O)Nc1nc([C@H]2CCCN2c2ccccc2)cs1. The van der Waals surface area contributed by atoms with Crippen molar-refractivity contribution >= 4 is 28.1 Å². The first-order valence-corrected chi connectivity index (χ1v) is 9.30. The fraction of sp³-hybridized carbons (Fsp3) is 0.263. The van der Waals surface area contributed by atoms with Crippen molar-refractivity contribution in [3.05, 3.63) is 65.4 Å². The molecule has 1 fully saturated rings. The van der Waals surface area contributed by atoms with E-state index in [1.54, 1.807) is 10.6 Å². The number of carbonyl (C=O) groups excluding carboxylic acids is 1. The van der Waals surface area contributed by atoms with E-state index in [1.165, 1.54) is 17.0 Å². The van der Waals surface area contributed by atoms with E-state index in [1.807, 2.05) is 25.4 Å². The minimum atomic E-state index is -0.125. The van der Waals surface area contributed by atoms with E-state index < -0.39 is 0 Å². The first kappa shape index (κ1) is 15.9. The molecule has 4 rings (SSSR count). The molecule has 1 aromatic carbocycles. The second-order valence-electron chi connectivity index (χ2n) is 6.22. The molecule has 0 unspecified atom stereocenters. The number of amides is 1. The number of benzene rings is 1. The Labute approximate surface area is 150 Å². The van der Waals surface area contributed by atoms with Crippen molar-refractivity contribution in [2.45, 2.75) is 18.9 Å². The van der Waals surface area contributed by atoms with Crippen molar-refractivity contribution in [3.8, 4) is 0 Å². The summed E-state index contributed by atoms with van der Waals surface area (Å²) in [6, 6.07) is 14.4. The standard InChI is InChI=1S/C19H20N4OS/c1-22-11-5-10-17(22)18(24)21-19-20-15(13-25-19)16-9-6-12-23(16)14-7-3-2-4-8-14/h2-5,7-8,10-11,13,16H,6,9,12H2,1H3,(H,20,21,24)/t16-/m1/s1. The molecule has 0 radical (unpaired) electrons. The van der Waals surface area contributed by atoms with Gasteiger partial charge in [0.2, 0.25) is 0 Å². The third kappa shape index (κ3) is 3.17. The Morgan fingerprint density at radius 3 is 2.84 bits per heavy atom. The molecule has 0 aliphatic carbocycles. The summed E-state index contributed by atoms with van der Waals surface area (Å²) in [7, 11) is 1.86. The van der Waals surface area contributed by atoms with Crippen molar-refractivity contribution in [3.63, 3.8) is 0 Å². The van der Waals surface area contributed by atoms with Gasteiger partial charge in [0.05, 0.1) is 11.7 Å². The zero-order valence-corrected chi connectivity index (χ0v) is 14.9. The minimum Gasteiger partial charge on any atom is -0.363 e. The summed E-state index contributed by atoms with van der Waals surface area (Å²) in [6.07, 6.45) is 4.10. The van der Waals surface area contributed by atoms with Gasteiger partial charge in [-0.25, -0.2) is 4.98 Å². The van der Waals surface area contributed by atoms with Crippen LogP contribution in [0.4, 0.5) is 10.8 Å². The number of nitrogens with zero attached hydrogens (tertiary/aromatic N) is 3. The predicted octanol–water partition coefficient (Wildman–Crippen LogP) is 4.08. The summed E-state index contributed by atoms with van der Waals surface area (Å²) in [5.41, 5.74) is 2.89. The van der Waals surface area contributed by atoms with Gasteiger partial charge in [-0.1, -0.05) is 18.2 Å². The lowest BCUT2D eigenvalue weighted by Gasteiger charge is -2.25. The van der Waals surface area contributed by atoms with Gasteiger partial charge in [0.1, 0.15) is 5.69 Å². The molecule has 5 nitrogen and oxygen atoms in total. The van der Waals surface area contributed by atoms with Gasteiger partial charge in [0, 0.05) is 30.9 Å². The molecule has 1 amide bonds. The van der Waals surface area contributed by atoms with Gasteiger partial charge in [-0.15, -0.1) is 11.3 Å². The highest BCUT2D eigenvalue weighted by Crippen LogP contribution is 2.37. The first-order valence-electron chi connectivity index (χ1n) is 8.42. The molecule has 3 heterocycles. The molecule has 3 aromatic rings. The fourth-order valence-corrected chi connectivity index (χ4v) is 4.11. The largest absolute Gasteiger partial charge is 0.363 e. The number of anilines is 2. The maximum atomic E-state index is 12.3. The van der Waals surface area contributed by atoms with E-state index in [2.05, 4.69) is 44.8 Å². The number of para-hydroxylation sites is 1. The van der Waals surface area contributed by atoms with Crippen LogP contribution >= 0.6 is 11.3 Å². The molecule has 1 N–H and O–H groups in total. The Bertz CT molecular complexity index is 870. The van der Waals surface area contributed by atoms with Crippen molar-refractivity contribution in [1.29, 1.82) is 0 Å². The Morgan fingerprint density at radius 2 is 2.08 bits per heavy atom. The average molecular weight is 352 g/mol. The second-order valence-corrected chi connectivity index (χ2v) is 7.08. The number of rotatable bonds is 4. The zero-order chi connectivity index (χ0) is 17.2. The highest BCUT2D eigenvalue weighted by Gasteiger charge is 2.28. The van der Waals surface area contributed by atoms with Crippen molar-refractivity contribution in [2.75, 3.05) is 16.8 Å².